The summed E-state index contributed by atoms with van der Waals surface area (Å²) in [5.74, 6) is 1.19. The molecule has 9 aromatic rings. The van der Waals surface area contributed by atoms with Crippen LogP contribution in [0.1, 0.15) is 0 Å². The smallest absolute Gasteiger partial charge is 0.164 e. The molecule has 5 aromatic carbocycles. The lowest BCUT2D eigenvalue weighted by molar-refractivity contribution is 1.21. The Bertz CT molecular complexity index is 2610. The SMILES string of the molecule is c1ccc2c(c1)-c1nc-2nc2[nH]c(nc3nc(nc4[nH]c(n1)c1ccccc41)c1cccc4cccc3c41)c1ccccc21. The number of fused-ring (bicyclic) bond motifs is 19. The molecular weight excluding hydrogens is 544 g/mol. The van der Waals surface area contributed by atoms with Crippen LogP contribution in [0.3, 0.4) is 0 Å². The Kier molecular flexibility index (Phi) is 4.57. The zero-order chi connectivity index (χ0) is 28.8. The standard InChI is InChI=1S/C36H20N8/c1-2-12-21-20(11-1)29-37-30(21)39-32-23-14-4-6-16-25(23)34(41-32)43-36-27-18-8-10-19-9-7-17-26(28(19)27)35(44-36)42-33-24-15-5-3-13-22(24)31(38-29)40-33/h1-18H,(H2,37,38,39,40,41,42,43,44). The molecule has 8 nitrogen and oxygen atoms in total. The summed E-state index contributed by atoms with van der Waals surface area (Å²) < 4.78 is 0. The number of rotatable bonds is 0. The van der Waals surface area contributed by atoms with Gasteiger partial charge in [0, 0.05) is 48.8 Å². The second-order valence-electron chi connectivity index (χ2n) is 11.0. The molecule has 0 spiro atoms. The Labute approximate surface area is 248 Å². The van der Waals surface area contributed by atoms with E-state index in [0.29, 0.717) is 45.5 Å². The second-order valence-corrected chi connectivity index (χ2v) is 11.0. The minimum atomic E-state index is 0.582. The number of aromatic amines is 2. The summed E-state index contributed by atoms with van der Waals surface area (Å²) in [6.07, 6.45) is 0. The average molecular weight is 565 g/mol. The first-order valence-electron chi connectivity index (χ1n) is 14.4. The van der Waals surface area contributed by atoms with Gasteiger partial charge in [0.25, 0.3) is 0 Å². The van der Waals surface area contributed by atoms with Crippen molar-refractivity contribution in [1.82, 2.24) is 39.9 Å². The van der Waals surface area contributed by atoms with Crippen LogP contribution in [0.25, 0.3) is 99.7 Å². The molecule has 2 N–H and O–H groups in total. The van der Waals surface area contributed by atoms with Crippen LogP contribution in [0.15, 0.2) is 109 Å². The maximum absolute atomic E-state index is 5.16. The van der Waals surface area contributed by atoms with Gasteiger partial charge >= 0.3 is 0 Å². The van der Waals surface area contributed by atoms with E-state index in [9.17, 15) is 0 Å². The molecule has 0 unspecified atom stereocenters. The zero-order valence-electron chi connectivity index (χ0n) is 23.1. The van der Waals surface area contributed by atoms with Crippen molar-refractivity contribution in [3.63, 3.8) is 0 Å². The predicted octanol–water partition coefficient (Wildman–Crippen LogP) is 8.12. The summed E-state index contributed by atoms with van der Waals surface area (Å²) in [5.41, 5.74) is 5.72. The number of pyridine rings is 1. The molecule has 1 aliphatic rings. The van der Waals surface area contributed by atoms with Crippen molar-refractivity contribution in [3.8, 4) is 22.8 Å². The number of aromatic nitrogens is 8. The van der Waals surface area contributed by atoms with E-state index in [0.717, 1.165) is 54.2 Å². The van der Waals surface area contributed by atoms with Crippen LogP contribution in [0.5, 0.6) is 0 Å². The van der Waals surface area contributed by atoms with Crippen LogP contribution >= 0.6 is 0 Å². The van der Waals surface area contributed by atoms with E-state index in [1.165, 1.54) is 0 Å². The lowest BCUT2D eigenvalue weighted by atomic mass is 10.0. The van der Waals surface area contributed by atoms with Crippen molar-refractivity contribution >= 4 is 77.0 Å². The van der Waals surface area contributed by atoms with Gasteiger partial charge in [-0.1, -0.05) is 109 Å². The number of nitrogens with one attached hydrogen (secondary N) is 2. The molecule has 0 amide bonds. The van der Waals surface area contributed by atoms with Crippen LogP contribution < -0.4 is 0 Å². The van der Waals surface area contributed by atoms with Crippen molar-refractivity contribution < 1.29 is 0 Å². The third-order valence-corrected chi connectivity index (χ3v) is 8.44. The highest BCUT2D eigenvalue weighted by molar-refractivity contribution is 6.19. The number of benzene rings is 5. The molecule has 0 radical (unpaired) electrons. The average Bonchev–Trinajstić information content (AvgIpc) is 3.71. The lowest BCUT2D eigenvalue weighted by Crippen LogP contribution is -1.90. The zero-order valence-corrected chi connectivity index (χ0v) is 23.1. The Morgan fingerprint density at radius 2 is 0.750 bits per heavy atom. The lowest BCUT2D eigenvalue weighted by Gasteiger charge is -2.06. The monoisotopic (exact) mass is 564 g/mol. The largest absolute Gasteiger partial charge is 0.324 e. The van der Waals surface area contributed by atoms with Crippen molar-refractivity contribution in [2.75, 3.05) is 0 Å². The van der Waals surface area contributed by atoms with E-state index in [1.807, 2.05) is 84.9 Å². The van der Waals surface area contributed by atoms with Crippen molar-refractivity contribution in [2.24, 2.45) is 0 Å². The Balaban J connectivity index is 1.49. The molecule has 204 valence electrons. The van der Waals surface area contributed by atoms with Gasteiger partial charge in [-0.3, -0.25) is 0 Å². The molecule has 44 heavy (non-hydrogen) atoms. The topological polar surface area (TPSA) is 109 Å². The molecule has 0 aliphatic carbocycles. The molecule has 0 saturated carbocycles. The molecule has 8 heteroatoms. The van der Waals surface area contributed by atoms with Crippen LogP contribution in [0, 0.1) is 0 Å². The predicted molar refractivity (Wildman–Crippen MR) is 175 cm³/mol. The molecule has 0 saturated heterocycles. The number of H-pyrrole nitrogens is 2. The van der Waals surface area contributed by atoms with Crippen LogP contribution in [0.2, 0.25) is 0 Å². The number of hydrogen-bond donors (Lipinski definition) is 2. The third kappa shape index (κ3) is 3.27. The number of nitrogens with zero attached hydrogens (tertiary/aromatic N) is 6. The van der Waals surface area contributed by atoms with E-state index in [2.05, 4.69) is 34.2 Å². The summed E-state index contributed by atoms with van der Waals surface area (Å²) in [6, 6.07) is 36.7. The fraction of sp³-hybridized carbons (Fsp3) is 0. The normalized spacial score (nSPS) is 12.1. The molecular formula is C36H20N8. The van der Waals surface area contributed by atoms with Crippen molar-refractivity contribution in [1.29, 1.82) is 0 Å². The van der Waals surface area contributed by atoms with Crippen LogP contribution in [0.4, 0.5) is 0 Å². The highest BCUT2D eigenvalue weighted by Crippen LogP contribution is 2.35. The summed E-state index contributed by atoms with van der Waals surface area (Å²) in [4.78, 5) is 37.5. The van der Waals surface area contributed by atoms with Crippen molar-refractivity contribution in [2.45, 2.75) is 0 Å². The van der Waals surface area contributed by atoms with E-state index in [-0.39, 0.29) is 0 Å². The minimum Gasteiger partial charge on any atom is -0.324 e. The van der Waals surface area contributed by atoms with Crippen LogP contribution in [-0.2, 0) is 0 Å². The Hall–Kier alpha value is -6.28. The van der Waals surface area contributed by atoms with Crippen molar-refractivity contribution in [3.05, 3.63) is 109 Å². The summed E-state index contributed by atoms with van der Waals surface area (Å²) in [7, 11) is 0. The quantitative estimate of drug-likeness (QED) is 0.193. The van der Waals surface area contributed by atoms with Gasteiger partial charge in [-0.15, -0.1) is 0 Å². The number of hydrogen-bond acceptors (Lipinski definition) is 6. The van der Waals surface area contributed by atoms with Gasteiger partial charge in [0.2, 0.25) is 0 Å². The third-order valence-electron chi connectivity index (χ3n) is 8.44. The first-order valence-corrected chi connectivity index (χ1v) is 14.4. The molecule has 0 atom stereocenters. The van der Waals surface area contributed by atoms with Gasteiger partial charge in [-0.25, -0.2) is 29.9 Å². The maximum Gasteiger partial charge on any atom is 0.164 e. The van der Waals surface area contributed by atoms with Crippen LogP contribution in [-0.4, -0.2) is 39.9 Å². The van der Waals surface area contributed by atoms with E-state index in [4.69, 9.17) is 29.9 Å². The van der Waals surface area contributed by atoms with Gasteiger partial charge in [0.15, 0.2) is 22.9 Å². The molecule has 0 fully saturated rings. The highest BCUT2D eigenvalue weighted by atomic mass is 15.0. The van der Waals surface area contributed by atoms with E-state index >= 15 is 0 Å². The highest BCUT2D eigenvalue weighted by Gasteiger charge is 2.19. The molecule has 1 aliphatic heterocycles. The minimum absolute atomic E-state index is 0.582. The maximum atomic E-state index is 5.16. The Morgan fingerprint density at radius 1 is 0.341 bits per heavy atom. The summed E-state index contributed by atoms with van der Waals surface area (Å²) in [5, 5.41) is 7.88. The van der Waals surface area contributed by atoms with Gasteiger partial charge in [0.05, 0.1) is 0 Å². The molecule has 8 bridgehead atoms. The van der Waals surface area contributed by atoms with Gasteiger partial charge in [-0.05, 0) is 5.39 Å². The fourth-order valence-corrected chi connectivity index (χ4v) is 6.43. The first-order chi connectivity index (χ1) is 21.8. The van der Waals surface area contributed by atoms with E-state index < -0.39 is 0 Å². The molecule has 5 heterocycles. The molecule has 10 rings (SSSR count). The summed E-state index contributed by atoms with van der Waals surface area (Å²) >= 11 is 0. The van der Waals surface area contributed by atoms with Gasteiger partial charge in [-0.2, -0.15) is 0 Å². The fourth-order valence-electron chi connectivity index (χ4n) is 6.43. The summed E-state index contributed by atoms with van der Waals surface area (Å²) in [6.45, 7) is 0. The molecule has 4 aromatic heterocycles. The first kappa shape index (κ1) is 23.3. The van der Waals surface area contributed by atoms with Gasteiger partial charge in [0.1, 0.15) is 22.6 Å². The second kappa shape index (κ2) is 8.62. The Morgan fingerprint density at radius 3 is 1.23 bits per heavy atom. The van der Waals surface area contributed by atoms with E-state index in [1.54, 1.807) is 0 Å². The van der Waals surface area contributed by atoms with Gasteiger partial charge < -0.3 is 9.97 Å².